The van der Waals surface area contributed by atoms with Crippen LogP contribution in [0.5, 0.6) is 0 Å². The highest BCUT2D eigenvalue weighted by Crippen LogP contribution is 2.86. The number of allylic oxidation sites excluding steroid dienone is 1. The molecule has 0 aromatic rings. The van der Waals surface area contributed by atoms with E-state index in [1.54, 1.807) is 0 Å². The van der Waals surface area contributed by atoms with Gasteiger partial charge in [-0.15, -0.1) is 5.73 Å². The summed E-state index contributed by atoms with van der Waals surface area (Å²) in [5.41, 5.74) is 13.9. The van der Waals surface area contributed by atoms with E-state index in [4.69, 9.17) is 5.73 Å². The Labute approximate surface area is 155 Å². The average Bonchev–Trinajstić information content (AvgIpc) is 3.12. The maximum absolute atomic E-state index is 5.97. The highest BCUT2D eigenvalue weighted by molar-refractivity contribution is 5.30. The second kappa shape index (κ2) is 6.63. The average molecular weight is 343 g/mol. The third-order valence-corrected chi connectivity index (χ3v) is 6.57. The summed E-state index contributed by atoms with van der Waals surface area (Å²) in [5.74, 6) is 0. The number of nitrogens with two attached hydrogens (primary N) is 1. The van der Waals surface area contributed by atoms with Crippen LogP contribution in [0.25, 0.3) is 0 Å². The van der Waals surface area contributed by atoms with Gasteiger partial charge in [-0.1, -0.05) is 34.3 Å². The Kier molecular flexibility index (Phi) is 4.99. The molecular formula is C23H38N2. The lowest BCUT2D eigenvalue weighted by molar-refractivity contribution is 0.262. The number of hydrogen-bond acceptors (Lipinski definition) is 2. The van der Waals surface area contributed by atoms with Gasteiger partial charge in [-0.2, -0.15) is 0 Å². The van der Waals surface area contributed by atoms with Crippen molar-refractivity contribution in [3.8, 4) is 0 Å². The van der Waals surface area contributed by atoms with Crippen LogP contribution in [0.4, 0.5) is 0 Å². The van der Waals surface area contributed by atoms with Gasteiger partial charge < -0.3 is 10.6 Å². The van der Waals surface area contributed by atoms with E-state index in [0.717, 1.165) is 38.6 Å². The van der Waals surface area contributed by atoms with Crippen molar-refractivity contribution in [2.75, 3.05) is 13.1 Å². The Morgan fingerprint density at radius 3 is 2.60 bits per heavy atom. The molecule has 0 aromatic carbocycles. The number of rotatable bonds is 8. The van der Waals surface area contributed by atoms with Crippen LogP contribution >= 0.6 is 0 Å². The molecule has 140 valence electrons. The summed E-state index contributed by atoms with van der Waals surface area (Å²) < 4.78 is 0. The zero-order chi connectivity index (χ0) is 18.3. The zero-order valence-corrected chi connectivity index (χ0v) is 17.0. The molecule has 2 heteroatoms. The normalized spacial score (nSPS) is 32.8. The van der Waals surface area contributed by atoms with Gasteiger partial charge in [0.15, 0.2) is 0 Å². The molecule has 3 aliphatic carbocycles. The van der Waals surface area contributed by atoms with Gasteiger partial charge in [0.05, 0.1) is 0 Å². The summed E-state index contributed by atoms with van der Waals surface area (Å²) in [4.78, 5) is 2.61. The van der Waals surface area contributed by atoms with Gasteiger partial charge in [0.1, 0.15) is 0 Å². The first-order valence-corrected chi connectivity index (χ1v) is 10.2. The lowest BCUT2D eigenvalue weighted by atomic mass is 9.90. The van der Waals surface area contributed by atoms with Gasteiger partial charge in [0.2, 0.25) is 0 Å². The van der Waals surface area contributed by atoms with Crippen LogP contribution in [0.15, 0.2) is 29.7 Å². The van der Waals surface area contributed by atoms with Crippen LogP contribution in [0.1, 0.15) is 79.1 Å². The van der Waals surface area contributed by atoms with Crippen molar-refractivity contribution in [2.45, 2.75) is 85.1 Å². The smallest absolute Gasteiger partial charge is 0.0237 e. The van der Waals surface area contributed by atoms with Crippen LogP contribution in [0.2, 0.25) is 0 Å². The second-order valence-electron chi connectivity index (χ2n) is 10.5. The van der Waals surface area contributed by atoms with Crippen LogP contribution < -0.4 is 5.73 Å². The fourth-order valence-electron chi connectivity index (χ4n) is 4.71. The Balaban J connectivity index is 1.49. The van der Waals surface area contributed by atoms with Gasteiger partial charge in [-0.25, -0.2) is 0 Å². The first-order valence-electron chi connectivity index (χ1n) is 10.2. The summed E-state index contributed by atoms with van der Waals surface area (Å²) in [6.45, 7) is 16.2. The molecule has 0 spiro atoms. The molecule has 0 amide bonds. The van der Waals surface area contributed by atoms with Crippen LogP contribution in [-0.4, -0.2) is 24.0 Å². The molecule has 0 radical (unpaired) electrons. The fraction of sp³-hybridized carbons (Fsp3) is 0.783. The summed E-state index contributed by atoms with van der Waals surface area (Å²) in [5, 5.41) is 0. The molecule has 0 heterocycles. The predicted octanol–water partition coefficient (Wildman–Crippen LogP) is 5.41. The van der Waals surface area contributed by atoms with E-state index < -0.39 is 0 Å². The van der Waals surface area contributed by atoms with E-state index in [1.165, 1.54) is 37.1 Å². The van der Waals surface area contributed by atoms with Crippen LogP contribution in [0, 0.1) is 16.2 Å². The summed E-state index contributed by atoms with van der Waals surface area (Å²) >= 11 is 0. The molecule has 2 nitrogen and oxygen atoms in total. The van der Waals surface area contributed by atoms with Gasteiger partial charge in [0.25, 0.3) is 0 Å². The fourth-order valence-corrected chi connectivity index (χ4v) is 4.71. The Hall–Kier alpha value is -0.980. The number of nitrogens with zero attached hydrogens (tertiary/aromatic N) is 1. The predicted molar refractivity (Wildman–Crippen MR) is 107 cm³/mol. The summed E-state index contributed by atoms with van der Waals surface area (Å²) in [7, 11) is 0. The molecule has 1 atom stereocenters. The highest BCUT2D eigenvalue weighted by Gasteiger charge is 2.79. The Bertz CT molecular complexity index is 580. The van der Waals surface area contributed by atoms with Crippen LogP contribution in [-0.2, 0) is 0 Å². The SMILES string of the molecule is C=C(CC(C)(C)C)N(CCCC=C=C1CCC(N)C1)CC12CC1(C)C2. The zero-order valence-electron chi connectivity index (χ0n) is 17.0. The van der Waals surface area contributed by atoms with Crippen molar-refractivity contribution in [3.05, 3.63) is 29.7 Å². The third-order valence-electron chi connectivity index (χ3n) is 6.57. The van der Waals surface area contributed by atoms with Gasteiger partial charge in [-0.3, -0.25) is 0 Å². The molecule has 3 saturated carbocycles. The molecule has 1 unspecified atom stereocenters. The maximum Gasteiger partial charge on any atom is 0.0237 e. The molecule has 2 N–H and O–H groups in total. The molecule has 0 bridgehead atoms. The largest absolute Gasteiger partial charge is 0.375 e. The Morgan fingerprint density at radius 1 is 1.40 bits per heavy atom. The van der Waals surface area contributed by atoms with E-state index in [-0.39, 0.29) is 0 Å². The van der Waals surface area contributed by atoms with Gasteiger partial charge in [0, 0.05) is 24.8 Å². The monoisotopic (exact) mass is 342 g/mol. The molecular weight excluding hydrogens is 304 g/mol. The van der Waals surface area contributed by atoms with Crippen molar-refractivity contribution < 1.29 is 0 Å². The standard InChI is InChI=1S/C23H38N2/c1-18(14-21(2,3)4)25(17-23-15-22(23,5)16-23)12-8-6-7-9-19-10-11-20(24)13-19/h7,20H,1,6,8,10-17,24H2,2-5H3. The minimum Gasteiger partial charge on any atom is -0.375 e. The van der Waals surface area contributed by atoms with Crippen molar-refractivity contribution in [3.63, 3.8) is 0 Å². The lowest BCUT2D eigenvalue weighted by Crippen LogP contribution is -2.30. The van der Waals surface area contributed by atoms with E-state index in [0.29, 0.717) is 22.3 Å². The summed E-state index contributed by atoms with van der Waals surface area (Å²) in [6, 6.07) is 0.373. The quantitative estimate of drug-likeness (QED) is 0.472. The van der Waals surface area contributed by atoms with Crippen LogP contribution in [0.3, 0.4) is 0 Å². The Morgan fingerprint density at radius 2 is 2.08 bits per heavy atom. The number of fused-ring (bicyclic) bond motifs is 1. The van der Waals surface area contributed by atoms with Crippen molar-refractivity contribution >= 4 is 0 Å². The third kappa shape index (κ3) is 4.60. The van der Waals surface area contributed by atoms with E-state index in [9.17, 15) is 0 Å². The molecule has 3 rings (SSSR count). The minimum absolute atomic E-state index is 0.314. The summed E-state index contributed by atoms with van der Waals surface area (Å²) in [6.07, 6.45) is 11.9. The van der Waals surface area contributed by atoms with E-state index in [2.05, 4.69) is 51.0 Å². The molecule has 0 aromatic heterocycles. The van der Waals surface area contributed by atoms with E-state index >= 15 is 0 Å². The molecule has 3 fully saturated rings. The molecule has 25 heavy (non-hydrogen) atoms. The van der Waals surface area contributed by atoms with Gasteiger partial charge in [-0.05, 0) is 79.3 Å². The lowest BCUT2D eigenvalue weighted by Gasteiger charge is -2.32. The van der Waals surface area contributed by atoms with E-state index in [1.807, 2.05) is 0 Å². The van der Waals surface area contributed by atoms with Crippen molar-refractivity contribution in [1.82, 2.24) is 4.90 Å². The topological polar surface area (TPSA) is 29.3 Å². The number of unbranched alkanes of at least 4 members (excludes halogenated alkanes) is 1. The first kappa shape index (κ1) is 18.8. The van der Waals surface area contributed by atoms with Gasteiger partial charge >= 0.3 is 0 Å². The first-order chi connectivity index (χ1) is 11.6. The minimum atomic E-state index is 0.314. The molecule has 0 saturated heterocycles. The molecule has 0 aliphatic heterocycles. The van der Waals surface area contributed by atoms with Crippen molar-refractivity contribution in [2.24, 2.45) is 22.0 Å². The second-order valence-corrected chi connectivity index (χ2v) is 10.5. The molecule has 3 aliphatic rings. The highest BCUT2D eigenvalue weighted by atomic mass is 15.2. The van der Waals surface area contributed by atoms with Crippen molar-refractivity contribution in [1.29, 1.82) is 0 Å². The number of hydrogen-bond donors (Lipinski definition) is 1. The maximum atomic E-state index is 5.97.